The topological polar surface area (TPSA) is 32.3 Å². The monoisotopic (exact) mass is 360 g/mol. The van der Waals surface area contributed by atoms with Crippen molar-refractivity contribution in [2.75, 3.05) is 20.1 Å². The van der Waals surface area contributed by atoms with Gasteiger partial charge in [0.2, 0.25) is 0 Å². The predicted molar refractivity (Wildman–Crippen MR) is 105 cm³/mol. The van der Waals surface area contributed by atoms with Crippen molar-refractivity contribution in [1.29, 1.82) is 0 Å². The van der Waals surface area contributed by atoms with Crippen molar-refractivity contribution in [3.63, 3.8) is 0 Å². The molecule has 1 aromatic carbocycles. The number of alkyl halides is 1. The van der Waals surface area contributed by atoms with Gasteiger partial charge in [-0.25, -0.2) is 0 Å². The van der Waals surface area contributed by atoms with E-state index in [2.05, 4.69) is 36.0 Å². The highest BCUT2D eigenvalue weighted by Crippen LogP contribution is 2.24. The summed E-state index contributed by atoms with van der Waals surface area (Å²) in [6.45, 7) is 4.13. The Morgan fingerprint density at radius 1 is 1.24 bits per heavy atom. The van der Waals surface area contributed by atoms with Crippen LogP contribution in [0.2, 0.25) is 0 Å². The molecule has 4 heteroatoms. The number of amides is 1. The van der Waals surface area contributed by atoms with Crippen LogP contribution in [0.15, 0.2) is 24.3 Å². The molecule has 1 aromatic rings. The number of carbonyl (C=O) groups is 1. The second kappa shape index (κ2) is 10.5. The number of hydrogen-bond donors (Lipinski definition) is 1. The number of rotatable bonds is 6. The second-order valence-electron chi connectivity index (χ2n) is 6.91. The molecule has 1 aliphatic carbocycles. The van der Waals surface area contributed by atoms with Gasteiger partial charge in [-0.05, 0) is 63.4 Å². The fourth-order valence-corrected chi connectivity index (χ4v) is 3.36. The quantitative estimate of drug-likeness (QED) is 0.613. The Bertz CT molecular complexity index is 595. The van der Waals surface area contributed by atoms with E-state index in [1.807, 2.05) is 24.3 Å². The summed E-state index contributed by atoms with van der Waals surface area (Å²) in [5, 5.41) is 3.16. The number of nitrogens with one attached hydrogen (secondary N) is 1. The van der Waals surface area contributed by atoms with Crippen molar-refractivity contribution in [2.24, 2.45) is 5.92 Å². The molecule has 0 bridgehead atoms. The van der Waals surface area contributed by atoms with E-state index >= 15 is 0 Å². The minimum absolute atomic E-state index is 0.0110. The maximum atomic E-state index is 12.3. The number of nitrogens with zero attached hydrogens (tertiary/aromatic N) is 1. The van der Waals surface area contributed by atoms with Crippen LogP contribution in [0.3, 0.4) is 0 Å². The third-order valence-electron chi connectivity index (χ3n) is 4.69. The highest BCUT2D eigenvalue weighted by molar-refractivity contribution is 6.17. The molecule has 1 N–H and O–H groups in total. The highest BCUT2D eigenvalue weighted by Gasteiger charge is 2.21. The maximum Gasteiger partial charge on any atom is 0.251 e. The summed E-state index contributed by atoms with van der Waals surface area (Å²) in [7, 11) is 2.12. The van der Waals surface area contributed by atoms with Gasteiger partial charge in [-0.3, -0.25) is 9.69 Å². The second-order valence-corrected chi connectivity index (χ2v) is 7.18. The van der Waals surface area contributed by atoms with Gasteiger partial charge in [-0.1, -0.05) is 30.9 Å². The molecule has 1 fully saturated rings. The molecule has 0 heterocycles. The summed E-state index contributed by atoms with van der Waals surface area (Å²) in [6, 6.07) is 7.77. The average molecular weight is 361 g/mol. The van der Waals surface area contributed by atoms with E-state index in [4.69, 9.17) is 11.6 Å². The van der Waals surface area contributed by atoms with Gasteiger partial charge in [0.05, 0.1) is 6.54 Å². The van der Waals surface area contributed by atoms with Gasteiger partial charge in [0.15, 0.2) is 0 Å². The van der Waals surface area contributed by atoms with Crippen LogP contribution in [0.1, 0.15) is 54.9 Å². The third-order valence-corrected chi connectivity index (χ3v) is 5.00. The van der Waals surface area contributed by atoms with Gasteiger partial charge in [-0.2, -0.15) is 0 Å². The summed E-state index contributed by atoms with van der Waals surface area (Å²) in [5.41, 5.74) is 1.73. The molecule has 25 heavy (non-hydrogen) atoms. The molecule has 0 aromatic heterocycles. The van der Waals surface area contributed by atoms with E-state index in [-0.39, 0.29) is 11.9 Å². The molecule has 0 aliphatic heterocycles. The van der Waals surface area contributed by atoms with Crippen molar-refractivity contribution in [1.82, 2.24) is 10.2 Å². The van der Waals surface area contributed by atoms with Gasteiger partial charge in [0.1, 0.15) is 0 Å². The van der Waals surface area contributed by atoms with E-state index < -0.39 is 0 Å². The maximum absolute atomic E-state index is 12.3. The van der Waals surface area contributed by atoms with Crippen molar-refractivity contribution < 1.29 is 4.79 Å². The van der Waals surface area contributed by atoms with E-state index in [0.29, 0.717) is 17.4 Å². The van der Waals surface area contributed by atoms with Crippen LogP contribution in [-0.2, 0) is 5.88 Å². The van der Waals surface area contributed by atoms with Gasteiger partial charge >= 0.3 is 0 Å². The van der Waals surface area contributed by atoms with Gasteiger partial charge in [-0.15, -0.1) is 11.6 Å². The van der Waals surface area contributed by atoms with Gasteiger partial charge in [0, 0.05) is 23.4 Å². The first-order valence-corrected chi connectivity index (χ1v) is 9.78. The molecule has 1 saturated carbocycles. The molecule has 1 aliphatic rings. The van der Waals surface area contributed by atoms with E-state index in [1.54, 1.807) is 0 Å². The molecule has 0 radical (unpaired) electrons. The molecule has 3 nitrogen and oxygen atoms in total. The van der Waals surface area contributed by atoms with Gasteiger partial charge < -0.3 is 5.32 Å². The van der Waals surface area contributed by atoms with Crippen molar-refractivity contribution in [3.8, 4) is 11.8 Å². The summed E-state index contributed by atoms with van der Waals surface area (Å²) in [5.74, 6) is 7.68. The molecule has 0 atom stereocenters. The SMILES string of the molecule is CCCN(C)CC#CC1CCC(NC(=O)c2ccc(CCl)cc2)CC1. The fourth-order valence-electron chi connectivity index (χ4n) is 3.18. The summed E-state index contributed by atoms with van der Waals surface area (Å²) in [4.78, 5) is 14.6. The Kier molecular flexibility index (Phi) is 8.31. The van der Waals surface area contributed by atoms with Crippen molar-refractivity contribution in [2.45, 2.75) is 50.9 Å². The molecule has 1 amide bonds. The molecule has 0 unspecified atom stereocenters. The normalized spacial score (nSPS) is 20.0. The van der Waals surface area contributed by atoms with Crippen molar-refractivity contribution in [3.05, 3.63) is 35.4 Å². The first-order valence-electron chi connectivity index (χ1n) is 9.25. The average Bonchev–Trinajstić information content (AvgIpc) is 2.63. The molecule has 136 valence electrons. The first kappa shape index (κ1) is 19.8. The van der Waals surface area contributed by atoms with Crippen LogP contribution in [0.25, 0.3) is 0 Å². The lowest BCUT2D eigenvalue weighted by Crippen LogP contribution is -2.37. The third kappa shape index (κ3) is 6.72. The first-order chi connectivity index (χ1) is 12.1. The zero-order valence-electron chi connectivity index (χ0n) is 15.4. The smallest absolute Gasteiger partial charge is 0.251 e. The van der Waals surface area contributed by atoms with Crippen LogP contribution in [0.4, 0.5) is 0 Å². The van der Waals surface area contributed by atoms with Gasteiger partial charge in [0.25, 0.3) is 5.91 Å². The molecular weight excluding hydrogens is 332 g/mol. The van der Waals surface area contributed by atoms with Crippen LogP contribution < -0.4 is 5.32 Å². The van der Waals surface area contributed by atoms with Crippen LogP contribution in [0, 0.1) is 17.8 Å². The number of hydrogen-bond acceptors (Lipinski definition) is 2. The fraction of sp³-hybridized carbons (Fsp3) is 0.571. The number of halogens is 1. The van der Waals surface area contributed by atoms with Crippen LogP contribution in [-0.4, -0.2) is 37.0 Å². The predicted octanol–water partition coefficient (Wildman–Crippen LogP) is 4.06. The van der Waals surface area contributed by atoms with E-state index in [9.17, 15) is 4.79 Å². The minimum atomic E-state index is 0.0110. The lowest BCUT2D eigenvalue weighted by atomic mass is 9.86. The number of benzene rings is 1. The van der Waals surface area contributed by atoms with Crippen LogP contribution in [0.5, 0.6) is 0 Å². The Balaban J connectivity index is 1.74. The number of carbonyl (C=O) groups excluding carboxylic acids is 1. The zero-order valence-corrected chi connectivity index (χ0v) is 16.1. The Labute approximate surface area is 157 Å². The molecule has 0 spiro atoms. The van der Waals surface area contributed by atoms with E-state index in [1.165, 1.54) is 0 Å². The Morgan fingerprint density at radius 2 is 1.92 bits per heavy atom. The van der Waals surface area contributed by atoms with Crippen molar-refractivity contribution >= 4 is 17.5 Å². The van der Waals surface area contributed by atoms with E-state index in [0.717, 1.165) is 50.8 Å². The summed E-state index contributed by atoms with van der Waals surface area (Å²) in [6.07, 6.45) is 5.32. The zero-order chi connectivity index (χ0) is 18.1. The lowest BCUT2D eigenvalue weighted by molar-refractivity contribution is 0.0925. The van der Waals surface area contributed by atoms with Crippen LogP contribution >= 0.6 is 11.6 Å². The standard InChI is InChI=1S/C21H29ClN2O/c1-3-14-24(2)15-4-5-17-8-12-20(13-9-17)23-21(25)19-10-6-18(16-22)7-11-19/h6-7,10-11,17,20H,3,8-9,12-16H2,1-2H3,(H,23,25). The molecular formula is C21H29ClN2O. The Hall–Kier alpha value is -1.50. The molecule has 2 rings (SSSR count). The minimum Gasteiger partial charge on any atom is -0.349 e. The molecule has 0 saturated heterocycles. The largest absolute Gasteiger partial charge is 0.349 e. The lowest BCUT2D eigenvalue weighted by Gasteiger charge is -2.26. The summed E-state index contributed by atoms with van der Waals surface area (Å²) >= 11 is 5.78. The Morgan fingerprint density at radius 3 is 2.52 bits per heavy atom. The highest BCUT2D eigenvalue weighted by atomic mass is 35.5. The summed E-state index contributed by atoms with van der Waals surface area (Å²) < 4.78 is 0.